The highest BCUT2D eigenvalue weighted by molar-refractivity contribution is 5.82. The number of carbonyl (C=O) groups is 2. The highest BCUT2D eigenvalue weighted by atomic mass is 19.4. The molecule has 0 aromatic heterocycles. The lowest BCUT2D eigenvalue weighted by atomic mass is 10.3. The predicted octanol–water partition coefficient (Wildman–Crippen LogP) is 1.59. The van der Waals surface area contributed by atoms with Gasteiger partial charge in [-0.05, 0) is 6.92 Å². The number of hydrogen-bond donors (Lipinski definition) is 0. The zero-order valence-electron chi connectivity index (χ0n) is 8.19. The molecule has 0 heterocycles. The van der Waals surface area contributed by atoms with Gasteiger partial charge in [-0.2, -0.15) is 26.3 Å². The Morgan fingerprint density at radius 1 is 1.12 bits per heavy atom. The van der Waals surface area contributed by atoms with Crippen molar-refractivity contribution in [3.05, 3.63) is 0 Å². The number of esters is 2. The quantitative estimate of drug-likeness (QED) is 0.576. The number of halogens is 6. The van der Waals surface area contributed by atoms with Crippen molar-refractivity contribution < 1.29 is 45.4 Å². The van der Waals surface area contributed by atoms with E-state index in [4.69, 9.17) is 0 Å². The molecule has 0 saturated carbocycles. The number of ether oxygens (including phenoxy) is 2. The molecular weight excluding hydrogens is 262 g/mol. The van der Waals surface area contributed by atoms with Crippen molar-refractivity contribution >= 4 is 11.9 Å². The molecule has 0 N–H and O–H groups in total. The Bertz CT molecular complexity index is 294. The van der Waals surface area contributed by atoms with Crippen LogP contribution in [0.2, 0.25) is 0 Å². The maximum Gasteiger partial charge on any atom is 0.490 e. The van der Waals surface area contributed by atoms with E-state index in [1.54, 1.807) is 0 Å². The zero-order valence-corrected chi connectivity index (χ0v) is 8.19. The smallest absolute Gasteiger partial charge is 0.463 e. The highest BCUT2D eigenvalue weighted by Gasteiger charge is 2.53. The second-order valence-electron chi connectivity index (χ2n) is 2.58. The Morgan fingerprint density at radius 2 is 1.59 bits per heavy atom. The van der Waals surface area contributed by atoms with E-state index in [0.717, 1.165) is 6.92 Å². The van der Waals surface area contributed by atoms with Crippen LogP contribution in [0, 0.1) is 0 Å². The van der Waals surface area contributed by atoms with E-state index < -0.39 is 37.0 Å². The lowest BCUT2D eigenvalue weighted by Crippen LogP contribution is -2.44. The van der Waals surface area contributed by atoms with E-state index in [2.05, 4.69) is 9.47 Å². The van der Waals surface area contributed by atoms with Gasteiger partial charge >= 0.3 is 24.3 Å². The molecule has 1 atom stereocenters. The van der Waals surface area contributed by atoms with Crippen LogP contribution in [0.3, 0.4) is 0 Å². The van der Waals surface area contributed by atoms with Crippen LogP contribution < -0.4 is 0 Å². The van der Waals surface area contributed by atoms with Crippen LogP contribution in [-0.4, -0.2) is 37.0 Å². The normalized spacial score (nSPS) is 14.1. The van der Waals surface area contributed by atoms with Gasteiger partial charge in [0.1, 0.15) is 0 Å². The van der Waals surface area contributed by atoms with Crippen LogP contribution in [0.5, 0.6) is 0 Å². The van der Waals surface area contributed by atoms with Gasteiger partial charge in [-0.15, -0.1) is 0 Å². The first kappa shape index (κ1) is 15.5. The molecular formula is C7H6F6O4. The molecule has 0 spiro atoms. The molecule has 17 heavy (non-hydrogen) atoms. The third kappa shape index (κ3) is 4.91. The van der Waals surface area contributed by atoms with Crippen LogP contribution >= 0.6 is 0 Å². The Hall–Kier alpha value is -1.48. The van der Waals surface area contributed by atoms with Gasteiger partial charge in [-0.1, -0.05) is 0 Å². The summed E-state index contributed by atoms with van der Waals surface area (Å²) in [6.07, 6.45) is -14.7. The van der Waals surface area contributed by atoms with Crippen molar-refractivity contribution in [2.75, 3.05) is 6.61 Å². The SMILES string of the molecule is CCOC(=O)[C@@H](OC(=O)C(F)(F)F)C(F)(F)F. The van der Waals surface area contributed by atoms with Gasteiger partial charge in [0.25, 0.3) is 6.10 Å². The van der Waals surface area contributed by atoms with Crippen molar-refractivity contribution in [1.29, 1.82) is 0 Å². The fourth-order valence-corrected chi connectivity index (χ4v) is 0.640. The molecule has 0 fully saturated rings. The van der Waals surface area contributed by atoms with Gasteiger partial charge < -0.3 is 9.47 Å². The zero-order chi connectivity index (χ0) is 13.9. The van der Waals surface area contributed by atoms with Crippen LogP contribution in [0.25, 0.3) is 0 Å². The molecule has 0 aliphatic rings. The summed E-state index contributed by atoms with van der Waals surface area (Å²) < 4.78 is 78.1. The minimum atomic E-state index is -5.63. The molecule has 0 unspecified atom stereocenters. The Kier molecular flexibility index (Phi) is 4.78. The Balaban J connectivity index is 4.86. The summed E-state index contributed by atoms with van der Waals surface area (Å²) in [4.78, 5) is 20.8. The molecule has 0 saturated heterocycles. The fraction of sp³-hybridized carbons (Fsp3) is 0.714. The summed E-state index contributed by atoms with van der Waals surface area (Å²) in [7, 11) is 0. The van der Waals surface area contributed by atoms with E-state index in [1.807, 2.05) is 0 Å². The van der Waals surface area contributed by atoms with Gasteiger partial charge in [-0.25, -0.2) is 9.59 Å². The summed E-state index contributed by atoms with van der Waals surface area (Å²) in [5.74, 6) is -5.23. The van der Waals surface area contributed by atoms with Crippen molar-refractivity contribution in [2.24, 2.45) is 0 Å². The van der Waals surface area contributed by atoms with Crippen LogP contribution in [0.1, 0.15) is 6.92 Å². The van der Waals surface area contributed by atoms with Crippen LogP contribution in [0.4, 0.5) is 26.3 Å². The average molecular weight is 268 g/mol. The molecule has 100 valence electrons. The number of rotatable bonds is 3. The van der Waals surface area contributed by atoms with Crippen molar-refractivity contribution in [2.45, 2.75) is 25.4 Å². The monoisotopic (exact) mass is 268 g/mol. The molecule has 4 nitrogen and oxygen atoms in total. The largest absolute Gasteiger partial charge is 0.490 e. The number of carbonyl (C=O) groups excluding carboxylic acids is 2. The van der Waals surface area contributed by atoms with E-state index in [-0.39, 0.29) is 0 Å². The highest BCUT2D eigenvalue weighted by Crippen LogP contribution is 2.27. The van der Waals surface area contributed by atoms with Crippen LogP contribution in [-0.2, 0) is 19.1 Å². The molecule has 0 bridgehead atoms. The first-order valence-electron chi connectivity index (χ1n) is 4.01. The topological polar surface area (TPSA) is 52.6 Å². The Labute approximate surface area is 90.5 Å². The summed E-state index contributed by atoms with van der Waals surface area (Å²) in [6, 6.07) is 0. The molecule has 0 aromatic carbocycles. The van der Waals surface area contributed by atoms with Gasteiger partial charge in [0.05, 0.1) is 6.61 Å². The van der Waals surface area contributed by atoms with E-state index >= 15 is 0 Å². The van der Waals surface area contributed by atoms with Crippen molar-refractivity contribution in [1.82, 2.24) is 0 Å². The number of hydrogen-bond acceptors (Lipinski definition) is 4. The minimum Gasteiger partial charge on any atom is -0.463 e. The minimum absolute atomic E-state index is 0.505. The third-order valence-corrected chi connectivity index (χ3v) is 1.25. The fourth-order valence-electron chi connectivity index (χ4n) is 0.640. The maximum absolute atomic E-state index is 12.1. The summed E-state index contributed by atoms with van der Waals surface area (Å²) in [5.41, 5.74) is 0. The lowest BCUT2D eigenvalue weighted by molar-refractivity contribution is -0.248. The van der Waals surface area contributed by atoms with Gasteiger partial charge in [0, 0.05) is 0 Å². The van der Waals surface area contributed by atoms with Gasteiger partial charge in [-0.3, -0.25) is 0 Å². The third-order valence-electron chi connectivity index (χ3n) is 1.25. The molecule has 10 heteroatoms. The molecule has 0 radical (unpaired) electrons. The summed E-state index contributed by atoms with van der Waals surface area (Å²) in [5, 5.41) is 0. The van der Waals surface area contributed by atoms with Gasteiger partial charge in [0.2, 0.25) is 0 Å². The first-order valence-corrected chi connectivity index (χ1v) is 4.01. The first-order chi connectivity index (χ1) is 7.50. The van der Waals surface area contributed by atoms with E-state index in [0.29, 0.717) is 0 Å². The van der Waals surface area contributed by atoms with E-state index in [1.165, 1.54) is 0 Å². The summed E-state index contributed by atoms with van der Waals surface area (Å²) in [6.45, 7) is 0.631. The molecule has 0 rings (SSSR count). The molecule has 0 aromatic rings. The maximum atomic E-state index is 12.1. The van der Waals surface area contributed by atoms with Crippen LogP contribution in [0.15, 0.2) is 0 Å². The van der Waals surface area contributed by atoms with Gasteiger partial charge in [0.15, 0.2) is 0 Å². The predicted molar refractivity (Wildman–Crippen MR) is 38.6 cm³/mol. The summed E-state index contributed by atoms with van der Waals surface area (Å²) >= 11 is 0. The molecule has 0 amide bonds. The molecule has 0 aliphatic carbocycles. The second kappa shape index (κ2) is 5.23. The second-order valence-corrected chi connectivity index (χ2v) is 2.58. The standard InChI is InChI=1S/C7H6F6O4/c1-2-16-4(14)3(6(8,9)10)17-5(15)7(11,12)13/h3H,2H2,1H3/t3-/m1/s1. The molecule has 0 aliphatic heterocycles. The number of alkyl halides is 6. The van der Waals surface area contributed by atoms with E-state index in [9.17, 15) is 35.9 Å². The average Bonchev–Trinajstić information content (AvgIpc) is 2.10. The Morgan fingerprint density at radius 3 is 1.88 bits per heavy atom. The van der Waals surface area contributed by atoms with Crippen molar-refractivity contribution in [3.8, 4) is 0 Å². The lowest BCUT2D eigenvalue weighted by Gasteiger charge is -2.19. The van der Waals surface area contributed by atoms with Crippen molar-refractivity contribution in [3.63, 3.8) is 0 Å².